The molecule has 0 spiro atoms. The van der Waals surface area contributed by atoms with Crippen molar-refractivity contribution < 1.29 is 14.0 Å². The minimum Gasteiger partial charge on any atom is -0.445 e. The van der Waals surface area contributed by atoms with Crippen molar-refractivity contribution in [3.05, 3.63) is 30.0 Å². The molecule has 1 amide bonds. The van der Waals surface area contributed by atoms with E-state index in [4.69, 9.17) is 4.42 Å². The van der Waals surface area contributed by atoms with Crippen molar-refractivity contribution in [1.29, 1.82) is 0 Å². The van der Waals surface area contributed by atoms with Crippen LogP contribution in [0.2, 0.25) is 0 Å². The predicted molar refractivity (Wildman–Crippen MR) is 56.5 cm³/mol. The Hall–Kier alpha value is -1.84. The maximum Gasteiger partial charge on any atom is 0.223 e. The Morgan fingerprint density at radius 1 is 1.40 bits per heavy atom. The molecule has 0 unspecified atom stereocenters. The van der Waals surface area contributed by atoms with E-state index in [1.165, 1.54) is 19.9 Å². The van der Waals surface area contributed by atoms with Gasteiger partial charge in [0.2, 0.25) is 5.91 Å². The minimum atomic E-state index is -0.171. The molecule has 0 fully saturated rings. The van der Waals surface area contributed by atoms with Crippen LogP contribution in [0.3, 0.4) is 0 Å². The molecule has 0 aliphatic carbocycles. The average molecular weight is 207 g/mol. The molecule has 0 bridgehead atoms. The largest absolute Gasteiger partial charge is 0.445 e. The molecule has 15 heavy (non-hydrogen) atoms. The summed E-state index contributed by atoms with van der Waals surface area (Å²) in [5.41, 5.74) is 0. The lowest BCUT2D eigenvalue weighted by Gasteiger charge is -1.94. The topological polar surface area (TPSA) is 59.3 Å². The van der Waals surface area contributed by atoms with Gasteiger partial charge in [0.05, 0.1) is 0 Å². The molecule has 4 nitrogen and oxygen atoms in total. The number of carbonyl (C=O) groups is 2. The van der Waals surface area contributed by atoms with Crippen LogP contribution in [0.15, 0.2) is 28.7 Å². The molecule has 1 aromatic heterocycles. The zero-order valence-corrected chi connectivity index (χ0v) is 8.74. The zero-order valence-electron chi connectivity index (χ0n) is 8.74. The number of ketones is 1. The summed E-state index contributed by atoms with van der Waals surface area (Å²) in [5, 5.41) is 2.53. The summed E-state index contributed by atoms with van der Waals surface area (Å²) >= 11 is 0. The Kier molecular flexibility index (Phi) is 3.85. The normalized spacial score (nSPS) is 10.5. The van der Waals surface area contributed by atoms with Crippen molar-refractivity contribution in [2.75, 3.05) is 5.32 Å². The highest BCUT2D eigenvalue weighted by atomic mass is 16.4. The van der Waals surface area contributed by atoms with Gasteiger partial charge in [-0.25, -0.2) is 0 Å². The van der Waals surface area contributed by atoms with Gasteiger partial charge in [0.1, 0.15) is 5.76 Å². The molecule has 0 saturated carbocycles. The number of carbonyl (C=O) groups excluding carboxylic acids is 2. The Balaban J connectivity index is 2.53. The van der Waals surface area contributed by atoms with E-state index in [-0.39, 0.29) is 11.7 Å². The second kappa shape index (κ2) is 5.14. The number of allylic oxidation sites excluding steroid dienone is 2. The monoisotopic (exact) mass is 207 g/mol. The maximum absolute atomic E-state index is 10.7. The van der Waals surface area contributed by atoms with Crippen LogP contribution in [-0.4, -0.2) is 11.7 Å². The number of anilines is 1. The highest BCUT2D eigenvalue weighted by molar-refractivity contribution is 5.87. The van der Waals surface area contributed by atoms with E-state index in [1.807, 2.05) is 0 Å². The fourth-order valence-electron chi connectivity index (χ4n) is 1.07. The van der Waals surface area contributed by atoms with E-state index in [0.29, 0.717) is 18.1 Å². The number of hydrogen-bond donors (Lipinski definition) is 1. The number of nitrogens with one attached hydrogen (secondary N) is 1. The van der Waals surface area contributed by atoms with Crippen LogP contribution in [0.5, 0.6) is 0 Å². The molecule has 0 aliphatic heterocycles. The average Bonchev–Trinajstić information content (AvgIpc) is 2.50. The first-order valence-corrected chi connectivity index (χ1v) is 4.61. The quantitative estimate of drug-likeness (QED) is 0.767. The first-order valence-electron chi connectivity index (χ1n) is 4.61. The summed E-state index contributed by atoms with van der Waals surface area (Å²) in [5.74, 6) is 0.962. The van der Waals surface area contributed by atoms with Crippen molar-refractivity contribution in [2.45, 2.75) is 20.3 Å². The summed E-state index contributed by atoms with van der Waals surface area (Å²) in [4.78, 5) is 21.3. The third-order valence-corrected chi connectivity index (χ3v) is 1.63. The molecular weight excluding hydrogens is 194 g/mol. The third kappa shape index (κ3) is 4.26. The van der Waals surface area contributed by atoms with E-state index in [9.17, 15) is 9.59 Å². The number of hydrogen-bond acceptors (Lipinski definition) is 3. The lowest BCUT2D eigenvalue weighted by Crippen LogP contribution is -2.04. The van der Waals surface area contributed by atoms with Crippen LogP contribution in [0, 0.1) is 0 Å². The summed E-state index contributed by atoms with van der Waals surface area (Å²) in [6, 6.07) is 3.44. The second-order valence-corrected chi connectivity index (χ2v) is 3.16. The molecule has 80 valence electrons. The van der Waals surface area contributed by atoms with Gasteiger partial charge in [-0.1, -0.05) is 6.08 Å². The van der Waals surface area contributed by atoms with Crippen LogP contribution in [-0.2, 0) is 16.0 Å². The Labute approximate surface area is 88.0 Å². The number of furan rings is 1. The standard InChI is InChI=1S/C11H13NO3/c1-8(13)4-3-5-10-6-7-11(15-10)12-9(2)14/h3-4,6-7H,5H2,1-2H3,(H,12,14)/b4-3+. The molecular formula is C11H13NO3. The highest BCUT2D eigenvalue weighted by Crippen LogP contribution is 2.13. The number of rotatable bonds is 4. The molecule has 1 rings (SSSR count). The summed E-state index contributed by atoms with van der Waals surface area (Å²) in [6.45, 7) is 2.90. The fourth-order valence-corrected chi connectivity index (χ4v) is 1.07. The smallest absolute Gasteiger partial charge is 0.223 e. The minimum absolute atomic E-state index is 0.00337. The van der Waals surface area contributed by atoms with Gasteiger partial charge < -0.3 is 4.42 Å². The van der Waals surface area contributed by atoms with Gasteiger partial charge in [-0.05, 0) is 19.1 Å². The van der Waals surface area contributed by atoms with Crippen LogP contribution in [0.1, 0.15) is 19.6 Å². The lowest BCUT2D eigenvalue weighted by molar-refractivity contribution is -0.114. The summed E-state index contributed by atoms with van der Waals surface area (Å²) in [6.07, 6.45) is 3.75. The van der Waals surface area contributed by atoms with Crippen LogP contribution < -0.4 is 5.32 Å². The van der Waals surface area contributed by atoms with Crippen molar-refractivity contribution in [3.8, 4) is 0 Å². The molecule has 0 aromatic carbocycles. The Bertz CT molecular complexity index is 390. The Morgan fingerprint density at radius 3 is 2.73 bits per heavy atom. The van der Waals surface area contributed by atoms with Crippen molar-refractivity contribution in [2.24, 2.45) is 0 Å². The molecule has 4 heteroatoms. The first kappa shape index (κ1) is 11.2. The SMILES string of the molecule is CC(=O)/C=C/Cc1ccc(NC(C)=O)o1. The van der Waals surface area contributed by atoms with Gasteiger partial charge in [0, 0.05) is 19.4 Å². The first-order chi connectivity index (χ1) is 7.08. The summed E-state index contributed by atoms with van der Waals surface area (Å²) < 4.78 is 5.28. The fraction of sp³-hybridized carbons (Fsp3) is 0.273. The third-order valence-electron chi connectivity index (χ3n) is 1.63. The van der Waals surface area contributed by atoms with E-state index in [1.54, 1.807) is 18.2 Å². The molecule has 1 N–H and O–H groups in total. The molecule has 1 heterocycles. The van der Waals surface area contributed by atoms with Crippen LogP contribution >= 0.6 is 0 Å². The lowest BCUT2D eigenvalue weighted by atomic mass is 10.3. The van der Waals surface area contributed by atoms with Crippen molar-refractivity contribution >= 4 is 17.6 Å². The van der Waals surface area contributed by atoms with E-state index >= 15 is 0 Å². The second-order valence-electron chi connectivity index (χ2n) is 3.16. The molecule has 0 aliphatic rings. The van der Waals surface area contributed by atoms with Crippen LogP contribution in [0.25, 0.3) is 0 Å². The molecule has 1 aromatic rings. The summed E-state index contributed by atoms with van der Waals surface area (Å²) in [7, 11) is 0. The van der Waals surface area contributed by atoms with E-state index in [2.05, 4.69) is 5.32 Å². The molecule has 0 saturated heterocycles. The predicted octanol–water partition coefficient (Wildman–Crippen LogP) is 1.93. The van der Waals surface area contributed by atoms with Crippen molar-refractivity contribution in [1.82, 2.24) is 0 Å². The molecule has 0 atom stereocenters. The number of amides is 1. The van der Waals surface area contributed by atoms with Gasteiger partial charge in [-0.2, -0.15) is 0 Å². The highest BCUT2D eigenvalue weighted by Gasteiger charge is 2.01. The zero-order chi connectivity index (χ0) is 11.3. The van der Waals surface area contributed by atoms with E-state index in [0.717, 1.165) is 0 Å². The molecule has 0 radical (unpaired) electrons. The van der Waals surface area contributed by atoms with E-state index < -0.39 is 0 Å². The van der Waals surface area contributed by atoms with Crippen molar-refractivity contribution in [3.63, 3.8) is 0 Å². The van der Waals surface area contributed by atoms with Gasteiger partial charge >= 0.3 is 0 Å². The van der Waals surface area contributed by atoms with Gasteiger partial charge in [0.25, 0.3) is 0 Å². The van der Waals surface area contributed by atoms with Crippen LogP contribution in [0.4, 0.5) is 5.88 Å². The van der Waals surface area contributed by atoms with Gasteiger partial charge in [0.15, 0.2) is 11.7 Å². The maximum atomic E-state index is 10.7. The van der Waals surface area contributed by atoms with Gasteiger partial charge in [-0.3, -0.25) is 14.9 Å². The van der Waals surface area contributed by atoms with Gasteiger partial charge in [-0.15, -0.1) is 0 Å². The Morgan fingerprint density at radius 2 is 2.13 bits per heavy atom.